The van der Waals surface area contributed by atoms with E-state index >= 15 is 0 Å². The summed E-state index contributed by atoms with van der Waals surface area (Å²) in [4.78, 5) is 10.0. The zero-order chi connectivity index (χ0) is 16.3. The molecule has 0 saturated carbocycles. The molecule has 0 aliphatic carbocycles. The molecule has 0 amide bonds. The molecule has 0 N–H and O–H groups in total. The van der Waals surface area contributed by atoms with Crippen LogP contribution >= 0.6 is 11.3 Å². The van der Waals surface area contributed by atoms with E-state index in [1.165, 1.54) is 10.9 Å². The van der Waals surface area contributed by atoms with Gasteiger partial charge in [0.1, 0.15) is 0 Å². The summed E-state index contributed by atoms with van der Waals surface area (Å²) in [5.41, 5.74) is 2.64. The van der Waals surface area contributed by atoms with Crippen LogP contribution in [0.3, 0.4) is 0 Å². The monoisotopic (exact) mass is 344 g/mol. The van der Waals surface area contributed by atoms with Gasteiger partial charge in [-0.3, -0.25) is 4.98 Å². The van der Waals surface area contributed by atoms with E-state index < -0.39 is 9.84 Å². The average molecular weight is 344 g/mol. The number of thiophene rings is 1. The zero-order valence-electron chi connectivity index (χ0n) is 12.6. The first-order chi connectivity index (χ1) is 11.0. The van der Waals surface area contributed by atoms with Gasteiger partial charge < -0.3 is 0 Å². The molecule has 0 unspecified atom stereocenters. The van der Waals surface area contributed by atoms with Crippen molar-refractivity contribution in [2.75, 3.05) is 6.26 Å². The van der Waals surface area contributed by atoms with Crippen LogP contribution in [0.1, 0.15) is 10.6 Å². The summed E-state index contributed by atoms with van der Waals surface area (Å²) in [6.07, 6.45) is 4.56. The molecular weight excluding hydrogens is 328 g/mol. The molecule has 0 spiro atoms. The molecule has 118 valence electrons. The lowest BCUT2D eigenvalue weighted by atomic mass is 10.1. The van der Waals surface area contributed by atoms with Crippen molar-refractivity contribution in [1.82, 2.24) is 9.97 Å². The Balaban J connectivity index is 1.79. The largest absolute Gasteiger partial charge is 0.253 e. The maximum atomic E-state index is 11.5. The Morgan fingerprint density at radius 2 is 1.91 bits per heavy atom. The number of aromatic nitrogens is 2. The summed E-state index contributed by atoms with van der Waals surface area (Å²) < 4.78 is 22.9. The third-order valence-corrected chi connectivity index (χ3v) is 5.36. The summed E-state index contributed by atoms with van der Waals surface area (Å²) in [5.74, 6) is 0. The fourth-order valence-electron chi connectivity index (χ4n) is 2.24. The lowest BCUT2D eigenvalue weighted by Crippen LogP contribution is -2.00. The highest BCUT2D eigenvalue weighted by Crippen LogP contribution is 2.19. The van der Waals surface area contributed by atoms with Crippen molar-refractivity contribution in [1.29, 1.82) is 0 Å². The molecular formula is C17H16N2O2S2. The second-order valence-corrected chi connectivity index (χ2v) is 8.25. The van der Waals surface area contributed by atoms with E-state index in [-0.39, 0.29) is 5.03 Å². The first-order valence-electron chi connectivity index (χ1n) is 7.17. The van der Waals surface area contributed by atoms with Crippen LogP contribution in [-0.2, 0) is 22.7 Å². The molecule has 4 nitrogen and oxygen atoms in total. The normalized spacial score (nSPS) is 11.5. The minimum Gasteiger partial charge on any atom is -0.253 e. The van der Waals surface area contributed by atoms with Crippen molar-refractivity contribution in [3.63, 3.8) is 0 Å². The number of nitrogens with zero attached hydrogens (tertiary/aromatic N) is 2. The Kier molecular flexibility index (Phi) is 4.54. The third-order valence-electron chi connectivity index (χ3n) is 3.43. The van der Waals surface area contributed by atoms with Crippen LogP contribution in [0.4, 0.5) is 0 Å². The maximum Gasteiger partial charge on any atom is 0.192 e. The van der Waals surface area contributed by atoms with Gasteiger partial charge in [0, 0.05) is 28.6 Å². The van der Waals surface area contributed by atoms with Crippen LogP contribution in [-0.4, -0.2) is 24.6 Å². The molecule has 0 fully saturated rings. The van der Waals surface area contributed by atoms with Crippen molar-refractivity contribution in [2.24, 2.45) is 0 Å². The lowest BCUT2D eigenvalue weighted by Gasteiger charge is -2.05. The van der Waals surface area contributed by atoms with E-state index in [2.05, 4.69) is 27.5 Å². The SMILES string of the molecule is CS(=O)(=O)c1ccc(-c2cccc(CCc3cccs3)n2)cn1. The fraction of sp³-hybridized carbons (Fsp3) is 0.176. The predicted molar refractivity (Wildman–Crippen MR) is 92.3 cm³/mol. The molecule has 0 atom stereocenters. The number of rotatable bonds is 5. The van der Waals surface area contributed by atoms with Gasteiger partial charge in [-0.2, -0.15) is 0 Å². The number of sulfone groups is 1. The Labute approximate surface area is 139 Å². The Hall–Kier alpha value is -2.05. The van der Waals surface area contributed by atoms with Crippen molar-refractivity contribution < 1.29 is 8.42 Å². The van der Waals surface area contributed by atoms with Gasteiger partial charge in [-0.25, -0.2) is 13.4 Å². The van der Waals surface area contributed by atoms with E-state index in [0.717, 1.165) is 36.0 Å². The molecule has 3 aromatic rings. The highest BCUT2D eigenvalue weighted by atomic mass is 32.2. The predicted octanol–water partition coefficient (Wildman–Crippen LogP) is 3.39. The molecule has 0 aliphatic heterocycles. The van der Waals surface area contributed by atoms with E-state index in [9.17, 15) is 8.42 Å². The number of aryl methyl sites for hydroxylation is 2. The molecule has 0 saturated heterocycles. The van der Waals surface area contributed by atoms with Crippen molar-refractivity contribution >= 4 is 21.2 Å². The fourth-order valence-corrected chi connectivity index (χ4v) is 3.51. The summed E-state index contributed by atoms with van der Waals surface area (Å²) in [5, 5.41) is 2.16. The highest BCUT2D eigenvalue weighted by molar-refractivity contribution is 7.90. The molecule has 0 aromatic carbocycles. The van der Waals surface area contributed by atoms with Gasteiger partial charge in [-0.1, -0.05) is 12.1 Å². The maximum absolute atomic E-state index is 11.5. The Morgan fingerprint density at radius 3 is 2.57 bits per heavy atom. The molecule has 0 bridgehead atoms. The molecule has 3 heterocycles. The number of pyridine rings is 2. The Bertz CT molecular complexity index is 887. The van der Waals surface area contributed by atoms with Crippen LogP contribution in [0.5, 0.6) is 0 Å². The molecule has 3 rings (SSSR count). The minimum atomic E-state index is -3.27. The summed E-state index contributed by atoms with van der Waals surface area (Å²) in [6.45, 7) is 0. The molecule has 6 heteroatoms. The topological polar surface area (TPSA) is 59.9 Å². The highest BCUT2D eigenvalue weighted by Gasteiger charge is 2.09. The lowest BCUT2D eigenvalue weighted by molar-refractivity contribution is 0.598. The van der Waals surface area contributed by atoms with Crippen molar-refractivity contribution in [2.45, 2.75) is 17.9 Å². The van der Waals surface area contributed by atoms with Gasteiger partial charge >= 0.3 is 0 Å². The van der Waals surface area contributed by atoms with Crippen molar-refractivity contribution in [3.8, 4) is 11.3 Å². The van der Waals surface area contributed by atoms with Crippen LogP contribution in [0.15, 0.2) is 59.1 Å². The van der Waals surface area contributed by atoms with Gasteiger partial charge in [-0.15, -0.1) is 11.3 Å². The quantitative estimate of drug-likeness (QED) is 0.712. The van der Waals surface area contributed by atoms with Gasteiger partial charge in [0.15, 0.2) is 14.9 Å². The van der Waals surface area contributed by atoms with Gasteiger partial charge in [0.2, 0.25) is 0 Å². The van der Waals surface area contributed by atoms with Crippen LogP contribution < -0.4 is 0 Å². The third kappa shape index (κ3) is 4.03. The second kappa shape index (κ2) is 6.60. The second-order valence-electron chi connectivity index (χ2n) is 5.25. The molecule has 0 radical (unpaired) electrons. The standard InChI is InChI=1S/C17H16N2O2S2/c1-23(20,21)17-10-7-13(12-18-17)16-6-2-4-14(19-16)8-9-15-5-3-11-22-15/h2-7,10-12H,8-9H2,1H3. The van der Waals surface area contributed by atoms with Gasteiger partial charge in [0.25, 0.3) is 0 Å². The molecule has 23 heavy (non-hydrogen) atoms. The van der Waals surface area contributed by atoms with E-state index in [0.29, 0.717) is 0 Å². The zero-order valence-corrected chi connectivity index (χ0v) is 14.3. The van der Waals surface area contributed by atoms with Gasteiger partial charge in [0.05, 0.1) is 5.69 Å². The van der Waals surface area contributed by atoms with Crippen LogP contribution in [0, 0.1) is 0 Å². The van der Waals surface area contributed by atoms with Crippen LogP contribution in [0.25, 0.3) is 11.3 Å². The summed E-state index contributed by atoms with van der Waals surface area (Å²) in [7, 11) is -3.27. The molecule has 0 aliphatic rings. The molecule has 3 aromatic heterocycles. The van der Waals surface area contributed by atoms with E-state index in [1.807, 2.05) is 18.2 Å². The number of hydrogen-bond acceptors (Lipinski definition) is 5. The summed E-state index contributed by atoms with van der Waals surface area (Å²) in [6, 6.07) is 13.3. The Morgan fingerprint density at radius 1 is 1.04 bits per heavy atom. The minimum absolute atomic E-state index is 0.0788. The first kappa shape index (κ1) is 15.8. The van der Waals surface area contributed by atoms with E-state index in [1.54, 1.807) is 23.6 Å². The smallest absolute Gasteiger partial charge is 0.192 e. The van der Waals surface area contributed by atoms with Gasteiger partial charge in [-0.05, 0) is 48.6 Å². The summed E-state index contributed by atoms with van der Waals surface area (Å²) >= 11 is 1.75. The van der Waals surface area contributed by atoms with Crippen molar-refractivity contribution in [3.05, 3.63) is 64.6 Å². The van der Waals surface area contributed by atoms with E-state index in [4.69, 9.17) is 0 Å². The van der Waals surface area contributed by atoms with Crippen LogP contribution in [0.2, 0.25) is 0 Å². The number of hydrogen-bond donors (Lipinski definition) is 0. The first-order valence-corrected chi connectivity index (χ1v) is 9.94. The average Bonchev–Trinajstić information content (AvgIpc) is 3.06.